The van der Waals surface area contributed by atoms with Crippen LogP contribution in [0.5, 0.6) is 0 Å². The van der Waals surface area contributed by atoms with Crippen LogP contribution in [0.15, 0.2) is 0 Å². The van der Waals surface area contributed by atoms with Gasteiger partial charge < -0.3 is 15.3 Å². The van der Waals surface area contributed by atoms with E-state index < -0.39 is 6.09 Å². The predicted molar refractivity (Wildman–Crippen MR) is 48.7 cm³/mol. The van der Waals surface area contributed by atoms with Gasteiger partial charge in [0.25, 0.3) is 0 Å². The first-order valence-electron chi connectivity index (χ1n) is 4.86. The van der Waals surface area contributed by atoms with Gasteiger partial charge in [-0.2, -0.15) is 0 Å². The lowest BCUT2D eigenvalue weighted by molar-refractivity contribution is 0.151. The van der Waals surface area contributed by atoms with Gasteiger partial charge >= 0.3 is 6.09 Å². The van der Waals surface area contributed by atoms with Crippen LogP contribution < -0.4 is 5.32 Å². The third-order valence-electron chi connectivity index (χ3n) is 3.43. The summed E-state index contributed by atoms with van der Waals surface area (Å²) in [4.78, 5) is 12.3. The molecule has 1 amide bonds. The van der Waals surface area contributed by atoms with Gasteiger partial charge in [-0.25, -0.2) is 4.79 Å². The van der Waals surface area contributed by atoms with E-state index in [1.165, 1.54) is 0 Å². The summed E-state index contributed by atoms with van der Waals surface area (Å²) in [5.41, 5.74) is 0. The van der Waals surface area contributed by atoms with Crippen LogP contribution in [0.4, 0.5) is 4.79 Å². The first kappa shape index (κ1) is 8.81. The van der Waals surface area contributed by atoms with Crippen LogP contribution in [-0.4, -0.2) is 42.3 Å². The molecular weight excluding hydrogens is 168 g/mol. The molecule has 4 nitrogen and oxygen atoms in total. The summed E-state index contributed by atoms with van der Waals surface area (Å²) in [5.74, 6) is 1.21. The topological polar surface area (TPSA) is 52.6 Å². The van der Waals surface area contributed by atoms with Gasteiger partial charge in [-0.05, 0) is 31.7 Å². The molecular formula is C9H16N2O2. The van der Waals surface area contributed by atoms with Crippen LogP contribution >= 0.6 is 0 Å². The number of likely N-dealkylation sites (tertiary alicyclic amines) is 1. The summed E-state index contributed by atoms with van der Waals surface area (Å²) in [6, 6.07) is 0.617. The van der Waals surface area contributed by atoms with Crippen molar-refractivity contribution in [2.75, 3.05) is 20.1 Å². The molecule has 0 radical (unpaired) electrons. The Morgan fingerprint density at radius 1 is 1.38 bits per heavy atom. The molecule has 2 rings (SSSR count). The van der Waals surface area contributed by atoms with Crippen LogP contribution in [0.3, 0.4) is 0 Å². The fourth-order valence-electron chi connectivity index (χ4n) is 2.69. The molecule has 13 heavy (non-hydrogen) atoms. The molecule has 74 valence electrons. The minimum absolute atomic E-state index is 0.605. The highest BCUT2D eigenvalue weighted by Gasteiger charge is 2.41. The molecule has 2 N–H and O–H groups in total. The summed E-state index contributed by atoms with van der Waals surface area (Å²) in [7, 11) is 1.99. The Hall–Kier alpha value is -0.770. The molecule has 3 atom stereocenters. The Morgan fingerprint density at radius 2 is 1.92 bits per heavy atom. The number of amides is 1. The maximum Gasteiger partial charge on any atom is 0.407 e. The lowest BCUT2D eigenvalue weighted by Gasteiger charge is -2.15. The van der Waals surface area contributed by atoms with Crippen molar-refractivity contribution in [1.82, 2.24) is 10.2 Å². The third kappa shape index (κ3) is 1.50. The van der Waals surface area contributed by atoms with E-state index >= 15 is 0 Å². The lowest BCUT2D eigenvalue weighted by Crippen LogP contribution is -2.30. The highest BCUT2D eigenvalue weighted by Crippen LogP contribution is 2.37. The second-order valence-corrected chi connectivity index (χ2v) is 4.16. The number of carbonyl (C=O) groups is 1. The van der Waals surface area contributed by atoms with Gasteiger partial charge in [-0.3, -0.25) is 0 Å². The average molecular weight is 184 g/mol. The van der Waals surface area contributed by atoms with Crippen molar-refractivity contribution in [3.63, 3.8) is 0 Å². The molecule has 0 spiro atoms. The second-order valence-electron chi connectivity index (χ2n) is 4.16. The van der Waals surface area contributed by atoms with E-state index in [2.05, 4.69) is 5.32 Å². The molecule has 4 heteroatoms. The van der Waals surface area contributed by atoms with Gasteiger partial charge in [-0.15, -0.1) is 0 Å². The Kier molecular flexibility index (Phi) is 2.15. The van der Waals surface area contributed by atoms with E-state index in [-0.39, 0.29) is 0 Å². The van der Waals surface area contributed by atoms with Crippen molar-refractivity contribution >= 4 is 6.09 Å². The van der Waals surface area contributed by atoms with Crippen molar-refractivity contribution in [2.24, 2.45) is 11.8 Å². The minimum Gasteiger partial charge on any atom is -0.465 e. The molecule has 2 aliphatic rings. The van der Waals surface area contributed by atoms with Gasteiger partial charge in [0, 0.05) is 19.1 Å². The smallest absolute Gasteiger partial charge is 0.407 e. The molecule has 1 saturated carbocycles. The van der Waals surface area contributed by atoms with Gasteiger partial charge in [0.05, 0.1) is 0 Å². The standard InChI is InChI=1S/C9H16N2O2/c1-10-8-2-6-4-11(9(12)13)5-7(6)3-8/h6-8,10H,2-5H2,1H3,(H,12,13)/t6-,7+,8?. The van der Waals surface area contributed by atoms with Crippen LogP contribution in [0.1, 0.15) is 12.8 Å². The van der Waals surface area contributed by atoms with E-state index in [0.29, 0.717) is 17.9 Å². The van der Waals surface area contributed by atoms with Crippen molar-refractivity contribution < 1.29 is 9.90 Å². The normalized spacial score (nSPS) is 37.9. The summed E-state index contributed by atoms with van der Waals surface area (Å²) >= 11 is 0. The van der Waals surface area contributed by atoms with Crippen LogP contribution in [-0.2, 0) is 0 Å². The summed E-state index contributed by atoms with van der Waals surface area (Å²) in [6.07, 6.45) is 1.53. The Bertz CT molecular complexity index is 206. The van der Waals surface area contributed by atoms with E-state index in [0.717, 1.165) is 25.9 Å². The third-order valence-corrected chi connectivity index (χ3v) is 3.43. The van der Waals surface area contributed by atoms with E-state index in [9.17, 15) is 4.79 Å². The molecule has 1 unspecified atom stereocenters. The van der Waals surface area contributed by atoms with E-state index in [1.807, 2.05) is 7.05 Å². The first-order chi connectivity index (χ1) is 6.20. The predicted octanol–water partition coefficient (Wildman–Crippen LogP) is 0.594. The second kappa shape index (κ2) is 3.18. The monoisotopic (exact) mass is 184 g/mol. The van der Waals surface area contributed by atoms with Gasteiger partial charge in [0.2, 0.25) is 0 Å². The fourth-order valence-corrected chi connectivity index (χ4v) is 2.69. The minimum atomic E-state index is -0.754. The number of nitrogens with zero attached hydrogens (tertiary/aromatic N) is 1. The quantitative estimate of drug-likeness (QED) is 0.627. The number of rotatable bonds is 1. The summed E-state index contributed by atoms with van der Waals surface area (Å²) in [6.45, 7) is 1.50. The van der Waals surface area contributed by atoms with E-state index in [4.69, 9.17) is 5.11 Å². The van der Waals surface area contributed by atoms with Crippen molar-refractivity contribution in [1.29, 1.82) is 0 Å². The molecule has 1 heterocycles. The molecule has 0 aromatic heterocycles. The lowest BCUT2D eigenvalue weighted by atomic mass is 10.0. The molecule has 0 aromatic rings. The van der Waals surface area contributed by atoms with Crippen LogP contribution in [0.2, 0.25) is 0 Å². The Morgan fingerprint density at radius 3 is 2.31 bits per heavy atom. The maximum atomic E-state index is 10.7. The fraction of sp³-hybridized carbons (Fsp3) is 0.889. The Labute approximate surface area is 77.9 Å². The number of hydrogen-bond donors (Lipinski definition) is 2. The van der Waals surface area contributed by atoms with Crippen molar-refractivity contribution in [3.05, 3.63) is 0 Å². The molecule has 0 bridgehead atoms. The van der Waals surface area contributed by atoms with E-state index in [1.54, 1.807) is 4.90 Å². The SMILES string of the molecule is CNC1C[C@@H]2CN(C(=O)O)C[C@@H]2C1. The highest BCUT2D eigenvalue weighted by atomic mass is 16.4. The zero-order chi connectivity index (χ0) is 9.42. The van der Waals surface area contributed by atoms with Gasteiger partial charge in [0.15, 0.2) is 0 Å². The summed E-state index contributed by atoms with van der Waals surface area (Å²) < 4.78 is 0. The zero-order valence-corrected chi connectivity index (χ0v) is 7.86. The molecule has 1 aliphatic heterocycles. The van der Waals surface area contributed by atoms with Crippen LogP contribution in [0.25, 0.3) is 0 Å². The average Bonchev–Trinajstić information content (AvgIpc) is 2.58. The largest absolute Gasteiger partial charge is 0.465 e. The number of carboxylic acid groups (broad SMARTS) is 1. The van der Waals surface area contributed by atoms with Crippen LogP contribution in [0, 0.1) is 11.8 Å². The summed E-state index contributed by atoms with van der Waals surface area (Å²) in [5, 5.41) is 12.1. The molecule has 2 fully saturated rings. The molecule has 1 aliphatic carbocycles. The Balaban J connectivity index is 1.93. The first-order valence-corrected chi connectivity index (χ1v) is 4.86. The van der Waals surface area contributed by atoms with Gasteiger partial charge in [-0.1, -0.05) is 0 Å². The highest BCUT2D eigenvalue weighted by molar-refractivity contribution is 5.65. The zero-order valence-electron chi connectivity index (χ0n) is 7.86. The molecule has 1 saturated heterocycles. The number of nitrogens with one attached hydrogen (secondary N) is 1. The van der Waals surface area contributed by atoms with Crippen molar-refractivity contribution in [3.8, 4) is 0 Å². The maximum absolute atomic E-state index is 10.7. The number of hydrogen-bond acceptors (Lipinski definition) is 2. The number of fused-ring (bicyclic) bond motifs is 1. The molecule has 0 aromatic carbocycles. The van der Waals surface area contributed by atoms with Crippen molar-refractivity contribution in [2.45, 2.75) is 18.9 Å². The van der Waals surface area contributed by atoms with Gasteiger partial charge in [0.1, 0.15) is 0 Å².